The molecule has 2 aromatic carbocycles. The SMILES string of the molecule is C[C@@](O)(CNCc1ccccc1)COc1cccc(-c2noc3ccsc23)c1.O=C(O)/C=C/C(=O)O. The Morgan fingerprint density at radius 3 is 2.50 bits per heavy atom. The number of nitrogens with zero attached hydrogens (tertiary/aromatic N) is 1. The van der Waals surface area contributed by atoms with Crippen LogP contribution in [-0.4, -0.2) is 51.2 Å². The number of aliphatic hydroxyl groups is 1. The van der Waals surface area contributed by atoms with E-state index in [2.05, 4.69) is 22.6 Å². The van der Waals surface area contributed by atoms with Crippen molar-refractivity contribution in [3.05, 3.63) is 83.8 Å². The second kappa shape index (κ2) is 12.6. The van der Waals surface area contributed by atoms with E-state index >= 15 is 0 Å². The highest BCUT2D eigenvalue weighted by Crippen LogP contribution is 2.33. The highest BCUT2D eigenvalue weighted by atomic mass is 32.1. The van der Waals surface area contributed by atoms with E-state index in [1.807, 2.05) is 53.9 Å². The zero-order valence-electron chi connectivity index (χ0n) is 19.5. The molecule has 188 valence electrons. The summed E-state index contributed by atoms with van der Waals surface area (Å²) in [7, 11) is 0. The van der Waals surface area contributed by atoms with Crippen LogP contribution in [0, 0.1) is 0 Å². The topological polar surface area (TPSA) is 142 Å². The molecule has 0 fully saturated rings. The van der Waals surface area contributed by atoms with Crippen LogP contribution in [0.15, 0.2) is 82.7 Å². The molecule has 2 heterocycles. The Kier molecular flexibility index (Phi) is 9.34. The quantitative estimate of drug-likeness (QED) is 0.231. The summed E-state index contributed by atoms with van der Waals surface area (Å²) < 4.78 is 12.2. The maximum Gasteiger partial charge on any atom is 0.328 e. The summed E-state index contributed by atoms with van der Waals surface area (Å²) in [6.45, 7) is 3.09. The number of fused-ring (bicyclic) bond motifs is 1. The highest BCUT2D eigenvalue weighted by Gasteiger charge is 2.21. The molecule has 0 bridgehead atoms. The van der Waals surface area contributed by atoms with Crippen molar-refractivity contribution in [2.45, 2.75) is 19.1 Å². The second-order valence-corrected chi connectivity index (χ2v) is 8.97. The molecule has 0 saturated carbocycles. The Bertz CT molecular complexity index is 1300. The molecule has 2 aromatic heterocycles. The molecule has 4 rings (SSSR count). The summed E-state index contributed by atoms with van der Waals surface area (Å²) >= 11 is 1.60. The highest BCUT2D eigenvalue weighted by molar-refractivity contribution is 7.17. The Hall–Kier alpha value is -3.99. The molecule has 10 heteroatoms. The molecule has 0 saturated heterocycles. The summed E-state index contributed by atoms with van der Waals surface area (Å²) in [4.78, 5) is 19.1. The van der Waals surface area contributed by atoms with Crippen molar-refractivity contribution in [3.63, 3.8) is 0 Å². The van der Waals surface area contributed by atoms with Crippen LogP contribution in [-0.2, 0) is 16.1 Å². The summed E-state index contributed by atoms with van der Waals surface area (Å²) in [6.07, 6.45) is 1.12. The number of ether oxygens (including phenoxy) is 1. The molecule has 1 atom stereocenters. The summed E-state index contributed by atoms with van der Waals surface area (Å²) in [6, 6.07) is 19.7. The number of nitrogens with one attached hydrogen (secondary N) is 1. The average Bonchev–Trinajstić information content (AvgIpc) is 3.47. The molecule has 0 radical (unpaired) electrons. The van der Waals surface area contributed by atoms with E-state index < -0.39 is 17.5 Å². The molecular formula is C26H26N2O7S. The standard InChI is InChI=1S/C22H22N2O3S.C4H4O4/c1-22(25,14-23-13-16-6-3-2-4-7-16)15-26-18-9-5-8-17(12-18)20-21-19(27-24-20)10-11-28-21;5-3(6)1-2-4(7)8/h2-12,23,25H,13-15H2,1H3;1-2H,(H,5,6)(H,7,8)/b;2-1+/t22-;/m1./s1. The molecule has 36 heavy (non-hydrogen) atoms. The molecule has 0 aliphatic carbocycles. The number of aliphatic carboxylic acids is 2. The van der Waals surface area contributed by atoms with Gasteiger partial charge in [0.25, 0.3) is 0 Å². The van der Waals surface area contributed by atoms with Crippen LogP contribution in [0.4, 0.5) is 0 Å². The molecule has 0 unspecified atom stereocenters. The molecule has 4 aromatic rings. The van der Waals surface area contributed by atoms with E-state index in [0.29, 0.717) is 31.0 Å². The van der Waals surface area contributed by atoms with Crippen molar-refractivity contribution in [1.29, 1.82) is 0 Å². The van der Waals surface area contributed by atoms with Crippen LogP contribution in [0.25, 0.3) is 21.5 Å². The lowest BCUT2D eigenvalue weighted by Crippen LogP contribution is -2.42. The first-order valence-corrected chi connectivity index (χ1v) is 11.8. The van der Waals surface area contributed by atoms with E-state index in [9.17, 15) is 14.7 Å². The van der Waals surface area contributed by atoms with Gasteiger partial charge in [-0.15, -0.1) is 11.3 Å². The van der Waals surface area contributed by atoms with E-state index in [0.717, 1.165) is 21.5 Å². The number of thiophene rings is 1. The fraction of sp³-hybridized carbons (Fsp3) is 0.192. The van der Waals surface area contributed by atoms with Crippen LogP contribution in [0.1, 0.15) is 12.5 Å². The number of rotatable bonds is 10. The van der Waals surface area contributed by atoms with Gasteiger partial charge >= 0.3 is 11.9 Å². The lowest BCUT2D eigenvalue weighted by molar-refractivity contribution is -0.134. The minimum absolute atomic E-state index is 0.186. The predicted molar refractivity (Wildman–Crippen MR) is 136 cm³/mol. The van der Waals surface area contributed by atoms with Crippen molar-refractivity contribution < 1.29 is 34.2 Å². The maximum absolute atomic E-state index is 10.6. The van der Waals surface area contributed by atoms with Gasteiger partial charge in [0.15, 0.2) is 5.58 Å². The third-order valence-electron chi connectivity index (χ3n) is 4.78. The Labute approximate surface area is 211 Å². The molecule has 0 aliphatic heterocycles. The molecule has 0 aliphatic rings. The number of aromatic nitrogens is 1. The maximum atomic E-state index is 10.6. The van der Waals surface area contributed by atoms with Gasteiger partial charge in [-0.1, -0.05) is 47.6 Å². The molecular weight excluding hydrogens is 484 g/mol. The zero-order valence-corrected chi connectivity index (χ0v) is 20.3. The predicted octanol–water partition coefficient (Wildman–Crippen LogP) is 4.19. The zero-order chi connectivity index (χ0) is 26.0. The lowest BCUT2D eigenvalue weighted by Gasteiger charge is -2.24. The number of hydrogen-bond donors (Lipinski definition) is 4. The van der Waals surface area contributed by atoms with E-state index in [4.69, 9.17) is 19.5 Å². The smallest absolute Gasteiger partial charge is 0.328 e. The van der Waals surface area contributed by atoms with Gasteiger partial charge in [0.1, 0.15) is 28.4 Å². The average molecular weight is 511 g/mol. The van der Waals surface area contributed by atoms with Gasteiger partial charge in [0, 0.05) is 30.8 Å². The largest absolute Gasteiger partial charge is 0.491 e. The van der Waals surface area contributed by atoms with Crippen LogP contribution in [0.5, 0.6) is 5.75 Å². The number of carbonyl (C=O) groups is 2. The first-order valence-electron chi connectivity index (χ1n) is 10.9. The Morgan fingerprint density at radius 1 is 1.08 bits per heavy atom. The molecule has 0 spiro atoms. The molecule has 4 N–H and O–H groups in total. The van der Waals surface area contributed by atoms with Crippen LogP contribution < -0.4 is 10.1 Å². The van der Waals surface area contributed by atoms with Gasteiger partial charge in [-0.05, 0) is 36.1 Å². The van der Waals surface area contributed by atoms with E-state index in [1.165, 1.54) is 5.56 Å². The van der Waals surface area contributed by atoms with E-state index in [1.54, 1.807) is 18.3 Å². The van der Waals surface area contributed by atoms with E-state index in [-0.39, 0.29) is 6.61 Å². The summed E-state index contributed by atoms with van der Waals surface area (Å²) in [5, 5.41) is 35.7. The fourth-order valence-corrected chi connectivity index (χ4v) is 3.92. The molecule has 9 nitrogen and oxygen atoms in total. The van der Waals surface area contributed by atoms with Gasteiger partial charge in [0.05, 0.1) is 0 Å². The van der Waals surface area contributed by atoms with Crippen molar-refractivity contribution in [2.75, 3.05) is 13.2 Å². The van der Waals surface area contributed by atoms with Gasteiger partial charge < -0.3 is 29.9 Å². The second-order valence-electron chi connectivity index (χ2n) is 8.06. The lowest BCUT2D eigenvalue weighted by atomic mass is 10.1. The van der Waals surface area contributed by atoms with Gasteiger partial charge in [0.2, 0.25) is 0 Å². The number of hydrogen-bond acceptors (Lipinski definition) is 8. The minimum atomic E-state index is -1.26. The first-order chi connectivity index (χ1) is 17.2. The summed E-state index contributed by atoms with van der Waals surface area (Å²) in [5.41, 5.74) is 2.73. The van der Waals surface area contributed by atoms with Crippen molar-refractivity contribution in [3.8, 4) is 17.0 Å². The van der Waals surface area contributed by atoms with Crippen LogP contribution >= 0.6 is 11.3 Å². The summed E-state index contributed by atoms with van der Waals surface area (Å²) in [5.74, 6) is -1.83. The fourth-order valence-electron chi connectivity index (χ4n) is 3.10. The normalized spacial score (nSPS) is 12.6. The van der Waals surface area contributed by atoms with Gasteiger partial charge in [-0.3, -0.25) is 0 Å². The van der Waals surface area contributed by atoms with Gasteiger partial charge in [-0.2, -0.15) is 0 Å². The van der Waals surface area contributed by atoms with Crippen LogP contribution in [0.2, 0.25) is 0 Å². The number of carboxylic acids is 2. The minimum Gasteiger partial charge on any atom is -0.491 e. The third-order valence-corrected chi connectivity index (χ3v) is 5.69. The van der Waals surface area contributed by atoms with Crippen molar-refractivity contribution in [1.82, 2.24) is 10.5 Å². The monoisotopic (exact) mass is 510 g/mol. The van der Waals surface area contributed by atoms with Crippen molar-refractivity contribution >= 4 is 33.6 Å². The number of carboxylic acid groups (broad SMARTS) is 2. The Balaban J connectivity index is 0.000000392. The van der Waals surface area contributed by atoms with Crippen molar-refractivity contribution in [2.24, 2.45) is 0 Å². The number of benzene rings is 2. The Morgan fingerprint density at radius 2 is 1.81 bits per heavy atom. The first kappa shape index (κ1) is 26.6. The molecule has 0 amide bonds. The third kappa shape index (κ3) is 8.35. The van der Waals surface area contributed by atoms with Gasteiger partial charge in [-0.25, -0.2) is 9.59 Å². The van der Waals surface area contributed by atoms with Crippen LogP contribution in [0.3, 0.4) is 0 Å².